The van der Waals surface area contributed by atoms with Crippen LogP contribution >= 0.6 is 0 Å². The van der Waals surface area contributed by atoms with Crippen molar-refractivity contribution in [2.24, 2.45) is 40.9 Å². The van der Waals surface area contributed by atoms with Crippen LogP contribution in [0.5, 0.6) is 0 Å². The van der Waals surface area contributed by atoms with Gasteiger partial charge in [0.05, 0.1) is 11.3 Å². The lowest BCUT2D eigenvalue weighted by molar-refractivity contribution is -0.133. The van der Waals surface area contributed by atoms with Crippen molar-refractivity contribution in [1.29, 1.82) is 0 Å². The summed E-state index contributed by atoms with van der Waals surface area (Å²) in [5.41, 5.74) is 0.597. The Morgan fingerprint density at radius 2 is 1.90 bits per heavy atom. The predicted molar refractivity (Wildman–Crippen MR) is 111 cm³/mol. The van der Waals surface area contributed by atoms with Crippen molar-refractivity contribution in [2.75, 3.05) is 0 Å². The Balaban J connectivity index is 1.31. The van der Waals surface area contributed by atoms with E-state index in [0.29, 0.717) is 18.2 Å². The SMILES string of the molecule is Cc1cn(CC(=O)[C@H]2CC[C@H]3[C@@H]4CC[C@@H]5C[C@](C)(O)CC[C@@H]5[C@H]4CC[C@]23C)nn1. The molecule has 0 amide bonds. The number of aromatic nitrogens is 3. The zero-order valence-electron chi connectivity index (χ0n) is 18.3. The Hall–Kier alpha value is -1.23. The zero-order chi connectivity index (χ0) is 20.4. The van der Waals surface area contributed by atoms with Gasteiger partial charge in [0.2, 0.25) is 0 Å². The average Bonchev–Trinajstić information content (AvgIpc) is 3.22. The maximum absolute atomic E-state index is 13.2. The molecule has 8 atom stereocenters. The predicted octanol–water partition coefficient (Wildman–Crippen LogP) is 4.18. The summed E-state index contributed by atoms with van der Waals surface area (Å²) >= 11 is 0. The van der Waals surface area contributed by atoms with Gasteiger partial charge in [-0.2, -0.15) is 0 Å². The number of rotatable bonds is 3. The number of hydrogen-bond donors (Lipinski definition) is 1. The minimum atomic E-state index is -0.443. The first kappa shape index (κ1) is 19.7. The Morgan fingerprint density at radius 3 is 2.66 bits per heavy atom. The number of carbonyl (C=O) groups is 1. The van der Waals surface area contributed by atoms with Crippen LogP contribution in [0.15, 0.2) is 6.20 Å². The Kier molecular flexibility index (Phi) is 4.69. The van der Waals surface area contributed by atoms with Crippen LogP contribution in [0.3, 0.4) is 0 Å². The molecule has 1 aromatic rings. The van der Waals surface area contributed by atoms with E-state index in [-0.39, 0.29) is 11.3 Å². The summed E-state index contributed by atoms with van der Waals surface area (Å²) in [5, 5.41) is 18.7. The van der Waals surface area contributed by atoms with E-state index in [1.54, 1.807) is 4.68 Å². The molecule has 5 heteroatoms. The second-order valence-corrected chi connectivity index (χ2v) is 11.4. The fraction of sp³-hybridized carbons (Fsp3) is 0.875. The third-order valence-electron chi connectivity index (χ3n) is 9.60. The van der Waals surface area contributed by atoms with Gasteiger partial charge in [-0.25, -0.2) is 4.68 Å². The summed E-state index contributed by atoms with van der Waals surface area (Å²) in [6.45, 7) is 6.76. The second kappa shape index (κ2) is 6.90. The van der Waals surface area contributed by atoms with E-state index in [1.165, 1.54) is 38.5 Å². The molecule has 4 aliphatic rings. The molecule has 4 saturated carbocycles. The van der Waals surface area contributed by atoms with Crippen LogP contribution in [0.1, 0.15) is 77.3 Å². The lowest BCUT2D eigenvalue weighted by Crippen LogP contribution is -2.51. The Morgan fingerprint density at radius 1 is 1.10 bits per heavy atom. The van der Waals surface area contributed by atoms with E-state index >= 15 is 0 Å². The molecule has 5 nitrogen and oxygen atoms in total. The van der Waals surface area contributed by atoms with E-state index in [2.05, 4.69) is 17.2 Å². The summed E-state index contributed by atoms with van der Waals surface area (Å²) in [7, 11) is 0. The van der Waals surface area contributed by atoms with Gasteiger partial charge in [0.25, 0.3) is 0 Å². The van der Waals surface area contributed by atoms with Crippen LogP contribution in [-0.4, -0.2) is 31.5 Å². The smallest absolute Gasteiger partial charge is 0.157 e. The van der Waals surface area contributed by atoms with Crippen LogP contribution < -0.4 is 0 Å². The summed E-state index contributed by atoms with van der Waals surface area (Å²) < 4.78 is 1.72. The van der Waals surface area contributed by atoms with Crippen molar-refractivity contribution >= 4 is 5.78 Å². The second-order valence-electron chi connectivity index (χ2n) is 11.4. The highest BCUT2D eigenvalue weighted by atomic mass is 16.3. The Bertz CT molecular complexity index is 787. The first-order valence-electron chi connectivity index (χ1n) is 11.9. The molecule has 1 N–H and O–H groups in total. The first-order valence-corrected chi connectivity index (χ1v) is 11.9. The molecule has 1 heterocycles. The number of carbonyl (C=O) groups excluding carboxylic acids is 1. The molecule has 0 aromatic carbocycles. The normalized spacial score (nSPS) is 46.6. The van der Waals surface area contributed by atoms with Crippen molar-refractivity contribution < 1.29 is 9.90 Å². The van der Waals surface area contributed by atoms with Crippen LogP contribution in [0.25, 0.3) is 0 Å². The number of aliphatic hydroxyl groups is 1. The number of hydrogen-bond acceptors (Lipinski definition) is 4. The highest BCUT2D eigenvalue weighted by Gasteiger charge is 2.58. The van der Waals surface area contributed by atoms with Crippen molar-refractivity contribution in [1.82, 2.24) is 15.0 Å². The molecule has 5 rings (SSSR count). The van der Waals surface area contributed by atoms with E-state index in [0.717, 1.165) is 48.6 Å². The van der Waals surface area contributed by atoms with Crippen molar-refractivity contribution in [2.45, 2.75) is 90.7 Å². The van der Waals surface area contributed by atoms with Crippen molar-refractivity contribution in [3.63, 3.8) is 0 Å². The van der Waals surface area contributed by atoms with Crippen LogP contribution in [0, 0.1) is 47.8 Å². The molecule has 1 aromatic heterocycles. The maximum Gasteiger partial charge on any atom is 0.157 e. The number of ketones is 1. The summed E-state index contributed by atoms with van der Waals surface area (Å²) in [4.78, 5) is 13.2. The molecule has 0 bridgehead atoms. The van der Waals surface area contributed by atoms with Gasteiger partial charge in [0.1, 0.15) is 6.54 Å². The summed E-state index contributed by atoms with van der Waals surface area (Å²) in [6.07, 6.45) is 12.4. The first-order chi connectivity index (χ1) is 13.8. The quantitative estimate of drug-likeness (QED) is 0.828. The standard InChI is InChI=1S/C24H37N3O2/c1-15-13-27(26-25-15)14-22(28)21-7-6-20-19-5-4-16-12-23(2,29)10-8-17(16)18(19)9-11-24(20,21)3/h13,16-21,29H,4-12,14H2,1-3H3/t16-,17+,18-,19-,20+,21-,23-,24+/m1/s1. The molecule has 4 fully saturated rings. The zero-order valence-corrected chi connectivity index (χ0v) is 18.3. The molecular formula is C24H37N3O2. The highest BCUT2D eigenvalue weighted by molar-refractivity contribution is 5.82. The van der Waals surface area contributed by atoms with Crippen molar-refractivity contribution in [3.8, 4) is 0 Å². The average molecular weight is 400 g/mol. The van der Waals surface area contributed by atoms with Gasteiger partial charge in [-0.3, -0.25) is 4.79 Å². The number of nitrogens with zero attached hydrogens (tertiary/aromatic N) is 3. The molecule has 0 saturated heterocycles. The van der Waals surface area contributed by atoms with Gasteiger partial charge in [-0.15, -0.1) is 5.10 Å². The van der Waals surface area contributed by atoms with E-state index in [4.69, 9.17) is 0 Å². The van der Waals surface area contributed by atoms with Gasteiger partial charge in [0.15, 0.2) is 5.78 Å². The van der Waals surface area contributed by atoms with Crippen molar-refractivity contribution in [3.05, 3.63) is 11.9 Å². The fourth-order valence-corrected chi connectivity index (χ4v) is 8.35. The van der Waals surface area contributed by atoms with Crippen LogP contribution in [-0.2, 0) is 11.3 Å². The minimum absolute atomic E-state index is 0.168. The van der Waals surface area contributed by atoms with Gasteiger partial charge in [-0.1, -0.05) is 12.1 Å². The monoisotopic (exact) mass is 399 g/mol. The highest BCUT2D eigenvalue weighted by Crippen LogP contribution is 2.64. The lowest BCUT2D eigenvalue weighted by Gasteiger charge is -2.56. The van der Waals surface area contributed by atoms with E-state index in [9.17, 15) is 9.90 Å². The molecule has 0 spiro atoms. The molecule has 0 radical (unpaired) electrons. The minimum Gasteiger partial charge on any atom is -0.390 e. The molecule has 0 aliphatic heterocycles. The third kappa shape index (κ3) is 3.28. The Labute approximate surface area is 174 Å². The topological polar surface area (TPSA) is 68.0 Å². The number of fused-ring (bicyclic) bond motifs is 5. The maximum atomic E-state index is 13.2. The molecular weight excluding hydrogens is 362 g/mol. The third-order valence-corrected chi connectivity index (χ3v) is 9.60. The van der Waals surface area contributed by atoms with Gasteiger partial charge in [-0.05, 0) is 107 Å². The van der Waals surface area contributed by atoms with Crippen LogP contribution in [0.2, 0.25) is 0 Å². The fourth-order valence-electron chi connectivity index (χ4n) is 8.35. The van der Waals surface area contributed by atoms with E-state index in [1.807, 2.05) is 20.0 Å². The van der Waals surface area contributed by atoms with Crippen LogP contribution in [0.4, 0.5) is 0 Å². The van der Waals surface area contributed by atoms with Gasteiger partial charge >= 0.3 is 0 Å². The largest absolute Gasteiger partial charge is 0.390 e. The summed E-state index contributed by atoms with van der Waals surface area (Å²) in [5.74, 6) is 4.41. The number of aryl methyl sites for hydroxylation is 1. The molecule has 0 unspecified atom stereocenters. The molecule has 160 valence electrons. The summed E-state index contributed by atoms with van der Waals surface area (Å²) in [6, 6.07) is 0. The number of Topliss-reactive ketones (excluding diaryl/α,β-unsaturated/α-hetero) is 1. The van der Waals surface area contributed by atoms with Gasteiger partial charge < -0.3 is 5.11 Å². The molecule has 4 aliphatic carbocycles. The van der Waals surface area contributed by atoms with E-state index < -0.39 is 5.60 Å². The lowest BCUT2D eigenvalue weighted by atomic mass is 9.49. The van der Waals surface area contributed by atoms with Gasteiger partial charge in [0, 0.05) is 12.1 Å². The molecule has 29 heavy (non-hydrogen) atoms.